The SMILES string of the molecule is NC1(c2cc(C(F)(F)F)ccc2Br)CC1. The highest BCUT2D eigenvalue weighted by Crippen LogP contribution is 2.46. The molecule has 5 heteroatoms. The molecule has 0 radical (unpaired) electrons. The second-order valence-corrected chi connectivity index (χ2v) is 4.70. The molecule has 0 unspecified atom stereocenters. The third-order valence-corrected chi connectivity index (χ3v) is 3.31. The Morgan fingerprint density at radius 1 is 1.27 bits per heavy atom. The van der Waals surface area contributed by atoms with Gasteiger partial charge in [-0.05, 0) is 36.6 Å². The molecule has 0 heterocycles. The van der Waals surface area contributed by atoms with Crippen LogP contribution < -0.4 is 5.73 Å². The first-order chi connectivity index (χ1) is 6.83. The summed E-state index contributed by atoms with van der Waals surface area (Å²) in [6.45, 7) is 0. The van der Waals surface area contributed by atoms with E-state index in [1.807, 2.05) is 0 Å². The van der Waals surface area contributed by atoms with Crippen molar-refractivity contribution in [2.45, 2.75) is 24.6 Å². The van der Waals surface area contributed by atoms with Crippen molar-refractivity contribution in [1.82, 2.24) is 0 Å². The Bertz CT molecular complexity index is 396. The van der Waals surface area contributed by atoms with Gasteiger partial charge in [-0.3, -0.25) is 0 Å². The van der Waals surface area contributed by atoms with Crippen molar-refractivity contribution in [3.05, 3.63) is 33.8 Å². The highest BCUT2D eigenvalue weighted by Gasteiger charge is 2.42. The molecular weight excluding hydrogens is 271 g/mol. The van der Waals surface area contributed by atoms with Crippen LogP contribution >= 0.6 is 15.9 Å². The standard InChI is InChI=1S/C10H9BrF3N/c11-8-2-1-6(10(12,13)14)5-7(8)9(15)3-4-9/h1-2,5H,3-4,15H2. The maximum absolute atomic E-state index is 12.5. The van der Waals surface area contributed by atoms with E-state index in [9.17, 15) is 13.2 Å². The van der Waals surface area contributed by atoms with Crippen molar-refractivity contribution in [3.8, 4) is 0 Å². The number of halogens is 4. The molecule has 0 bridgehead atoms. The summed E-state index contributed by atoms with van der Waals surface area (Å²) >= 11 is 3.23. The molecule has 1 aromatic rings. The maximum Gasteiger partial charge on any atom is 0.416 e. The molecule has 0 aromatic heterocycles. The molecule has 82 valence electrons. The maximum atomic E-state index is 12.5. The summed E-state index contributed by atoms with van der Waals surface area (Å²) in [5.41, 5.74) is 5.24. The minimum Gasteiger partial charge on any atom is -0.321 e. The fourth-order valence-corrected chi connectivity index (χ4v) is 2.13. The molecule has 0 saturated heterocycles. The van der Waals surface area contributed by atoms with Crippen molar-refractivity contribution in [1.29, 1.82) is 0 Å². The molecule has 0 amide bonds. The zero-order valence-electron chi connectivity index (χ0n) is 7.74. The van der Waals surface area contributed by atoms with Crippen LogP contribution in [0.15, 0.2) is 22.7 Å². The van der Waals surface area contributed by atoms with Gasteiger partial charge in [0, 0.05) is 10.0 Å². The van der Waals surface area contributed by atoms with Crippen LogP contribution in [0.25, 0.3) is 0 Å². The lowest BCUT2D eigenvalue weighted by molar-refractivity contribution is -0.137. The number of benzene rings is 1. The molecule has 0 aliphatic heterocycles. The van der Waals surface area contributed by atoms with E-state index in [0.717, 1.165) is 25.0 Å². The average molecular weight is 280 g/mol. The van der Waals surface area contributed by atoms with E-state index in [1.165, 1.54) is 6.07 Å². The van der Waals surface area contributed by atoms with Gasteiger partial charge in [0.15, 0.2) is 0 Å². The van der Waals surface area contributed by atoms with E-state index in [0.29, 0.717) is 10.0 Å². The molecule has 1 aliphatic rings. The smallest absolute Gasteiger partial charge is 0.321 e. The minimum atomic E-state index is -4.30. The van der Waals surface area contributed by atoms with Gasteiger partial charge < -0.3 is 5.73 Å². The second kappa shape index (κ2) is 3.22. The third-order valence-electron chi connectivity index (χ3n) is 2.62. The van der Waals surface area contributed by atoms with Crippen LogP contribution in [0.1, 0.15) is 24.0 Å². The predicted molar refractivity (Wildman–Crippen MR) is 54.2 cm³/mol. The zero-order valence-corrected chi connectivity index (χ0v) is 9.32. The van der Waals surface area contributed by atoms with Gasteiger partial charge in [0.05, 0.1) is 5.56 Å². The van der Waals surface area contributed by atoms with Crippen LogP contribution in [0.3, 0.4) is 0 Å². The van der Waals surface area contributed by atoms with Crippen molar-refractivity contribution in [2.24, 2.45) is 5.73 Å². The number of hydrogen-bond donors (Lipinski definition) is 1. The van der Waals surface area contributed by atoms with Gasteiger partial charge in [-0.2, -0.15) is 13.2 Å². The van der Waals surface area contributed by atoms with Crippen molar-refractivity contribution in [2.75, 3.05) is 0 Å². The monoisotopic (exact) mass is 279 g/mol. The Hall–Kier alpha value is -0.550. The molecule has 1 fully saturated rings. The summed E-state index contributed by atoms with van der Waals surface area (Å²) in [5, 5.41) is 0. The molecule has 2 N–H and O–H groups in total. The first kappa shape index (κ1) is 11.0. The van der Waals surface area contributed by atoms with Crippen molar-refractivity contribution >= 4 is 15.9 Å². The third kappa shape index (κ3) is 2.03. The molecule has 1 nitrogen and oxygen atoms in total. The van der Waals surface area contributed by atoms with Crippen molar-refractivity contribution in [3.63, 3.8) is 0 Å². The van der Waals surface area contributed by atoms with E-state index < -0.39 is 17.3 Å². The Kier molecular flexibility index (Phi) is 2.35. The molecule has 15 heavy (non-hydrogen) atoms. The average Bonchev–Trinajstić information content (AvgIpc) is 2.83. The lowest BCUT2D eigenvalue weighted by atomic mass is 10.0. The predicted octanol–water partition coefficient (Wildman–Crippen LogP) is 3.42. The van der Waals surface area contributed by atoms with E-state index in [-0.39, 0.29) is 0 Å². The van der Waals surface area contributed by atoms with Crippen LogP contribution in [0.5, 0.6) is 0 Å². The van der Waals surface area contributed by atoms with Gasteiger partial charge in [0.25, 0.3) is 0 Å². The molecule has 2 rings (SSSR count). The van der Waals surface area contributed by atoms with Gasteiger partial charge >= 0.3 is 6.18 Å². The molecule has 1 aliphatic carbocycles. The van der Waals surface area contributed by atoms with Crippen molar-refractivity contribution < 1.29 is 13.2 Å². The first-order valence-corrected chi connectivity index (χ1v) is 5.28. The summed E-state index contributed by atoms with van der Waals surface area (Å²) in [6.07, 6.45) is -2.82. The fourth-order valence-electron chi connectivity index (χ4n) is 1.49. The van der Waals surface area contributed by atoms with E-state index in [1.54, 1.807) is 0 Å². The van der Waals surface area contributed by atoms with Crippen LogP contribution in [-0.4, -0.2) is 0 Å². The summed E-state index contributed by atoms with van der Waals surface area (Å²) in [4.78, 5) is 0. The quantitative estimate of drug-likeness (QED) is 0.838. The van der Waals surface area contributed by atoms with E-state index in [2.05, 4.69) is 15.9 Å². The van der Waals surface area contributed by atoms with Gasteiger partial charge in [0.2, 0.25) is 0 Å². The number of hydrogen-bond acceptors (Lipinski definition) is 1. The molecule has 1 aromatic carbocycles. The fraction of sp³-hybridized carbons (Fsp3) is 0.400. The summed E-state index contributed by atoms with van der Waals surface area (Å²) in [6, 6.07) is 3.60. The van der Waals surface area contributed by atoms with E-state index >= 15 is 0 Å². The topological polar surface area (TPSA) is 26.0 Å². The summed E-state index contributed by atoms with van der Waals surface area (Å²) in [7, 11) is 0. The Morgan fingerprint density at radius 2 is 1.87 bits per heavy atom. The highest BCUT2D eigenvalue weighted by atomic mass is 79.9. The minimum absolute atomic E-state index is 0.553. The summed E-state index contributed by atoms with van der Waals surface area (Å²) in [5.74, 6) is 0. The lowest BCUT2D eigenvalue weighted by Gasteiger charge is -2.14. The Morgan fingerprint density at radius 3 is 2.33 bits per heavy atom. The molecule has 0 atom stereocenters. The first-order valence-electron chi connectivity index (χ1n) is 4.49. The zero-order chi connectivity index (χ0) is 11.3. The summed E-state index contributed by atoms with van der Waals surface area (Å²) < 4.78 is 38.0. The lowest BCUT2D eigenvalue weighted by Crippen LogP contribution is -2.20. The largest absolute Gasteiger partial charge is 0.416 e. The molecule has 0 spiro atoms. The van der Waals surface area contributed by atoms with Gasteiger partial charge in [-0.1, -0.05) is 15.9 Å². The van der Waals surface area contributed by atoms with Gasteiger partial charge in [-0.15, -0.1) is 0 Å². The normalized spacial score (nSPS) is 19.0. The van der Waals surface area contributed by atoms with Crippen LogP contribution in [0.2, 0.25) is 0 Å². The number of rotatable bonds is 1. The number of nitrogens with two attached hydrogens (primary N) is 1. The second-order valence-electron chi connectivity index (χ2n) is 3.85. The van der Waals surface area contributed by atoms with Crippen LogP contribution in [0, 0.1) is 0 Å². The highest BCUT2D eigenvalue weighted by molar-refractivity contribution is 9.10. The Balaban J connectivity index is 2.47. The van der Waals surface area contributed by atoms with Crippen LogP contribution in [0.4, 0.5) is 13.2 Å². The van der Waals surface area contributed by atoms with Crippen LogP contribution in [-0.2, 0) is 11.7 Å². The van der Waals surface area contributed by atoms with Gasteiger partial charge in [0.1, 0.15) is 0 Å². The van der Waals surface area contributed by atoms with E-state index in [4.69, 9.17) is 5.73 Å². The molecular formula is C10H9BrF3N. The Labute approximate surface area is 93.6 Å². The number of alkyl halides is 3. The molecule has 1 saturated carbocycles. The van der Waals surface area contributed by atoms with Gasteiger partial charge in [-0.25, -0.2) is 0 Å².